The molecule has 0 saturated carbocycles. The second-order valence-electron chi connectivity index (χ2n) is 5.23. The number of rotatable bonds is 7. The van der Waals surface area contributed by atoms with Gasteiger partial charge in [-0.05, 0) is 31.2 Å². The summed E-state index contributed by atoms with van der Waals surface area (Å²) in [4.78, 5) is 0. The molecule has 102 valence electrons. The Balaban J connectivity index is 2.47. The first kappa shape index (κ1) is 15.6. The highest BCUT2D eigenvalue weighted by Crippen LogP contribution is 2.25. The van der Waals surface area contributed by atoms with Crippen molar-refractivity contribution in [3.05, 3.63) is 28.2 Å². The summed E-state index contributed by atoms with van der Waals surface area (Å²) in [5.41, 5.74) is 0.0734. The Kier molecular flexibility index (Phi) is 6.27. The molecule has 0 aliphatic rings. The van der Waals surface area contributed by atoms with E-state index in [0.29, 0.717) is 16.7 Å². The highest BCUT2D eigenvalue weighted by atomic mass is 35.5. The van der Waals surface area contributed by atoms with Crippen molar-refractivity contribution >= 4 is 23.2 Å². The van der Waals surface area contributed by atoms with Crippen LogP contribution in [0.1, 0.15) is 27.2 Å². The molecule has 0 radical (unpaired) electrons. The smallest absolute Gasteiger partial charge is 0.122 e. The molecule has 18 heavy (non-hydrogen) atoms. The summed E-state index contributed by atoms with van der Waals surface area (Å²) in [6.45, 7) is 9.08. The molecule has 0 bridgehead atoms. The van der Waals surface area contributed by atoms with Crippen molar-refractivity contribution < 1.29 is 4.74 Å². The van der Waals surface area contributed by atoms with Crippen molar-refractivity contribution in [2.24, 2.45) is 5.41 Å². The quantitative estimate of drug-likeness (QED) is 0.752. The SMILES string of the molecule is CCCNCC(C)(C)COc1cc(Cl)cc(Cl)c1. The lowest BCUT2D eigenvalue weighted by Crippen LogP contribution is -2.34. The molecule has 1 N–H and O–H groups in total. The predicted octanol–water partition coefficient (Wildman–Crippen LogP) is 4.40. The molecule has 0 saturated heterocycles. The summed E-state index contributed by atoms with van der Waals surface area (Å²) in [6, 6.07) is 5.26. The van der Waals surface area contributed by atoms with E-state index >= 15 is 0 Å². The van der Waals surface area contributed by atoms with Gasteiger partial charge in [0.25, 0.3) is 0 Å². The molecule has 0 heterocycles. The zero-order chi connectivity index (χ0) is 13.6. The van der Waals surface area contributed by atoms with E-state index in [1.54, 1.807) is 18.2 Å². The first-order valence-electron chi connectivity index (χ1n) is 6.22. The maximum Gasteiger partial charge on any atom is 0.122 e. The van der Waals surface area contributed by atoms with E-state index < -0.39 is 0 Å². The van der Waals surface area contributed by atoms with Crippen LogP contribution in [0.15, 0.2) is 18.2 Å². The molecule has 0 aliphatic heterocycles. The van der Waals surface area contributed by atoms with Crippen molar-refractivity contribution in [3.8, 4) is 5.75 Å². The lowest BCUT2D eigenvalue weighted by atomic mass is 9.95. The van der Waals surface area contributed by atoms with E-state index in [1.165, 1.54) is 0 Å². The largest absolute Gasteiger partial charge is 0.493 e. The summed E-state index contributed by atoms with van der Waals surface area (Å²) >= 11 is 11.9. The fourth-order valence-electron chi connectivity index (χ4n) is 1.55. The highest BCUT2D eigenvalue weighted by Gasteiger charge is 2.18. The van der Waals surface area contributed by atoms with Crippen molar-refractivity contribution in [2.45, 2.75) is 27.2 Å². The van der Waals surface area contributed by atoms with Crippen LogP contribution >= 0.6 is 23.2 Å². The average Bonchev–Trinajstić information content (AvgIpc) is 2.25. The van der Waals surface area contributed by atoms with Gasteiger partial charge in [-0.15, -0.1) is 0 Å². The second kappa shape index (κ2) is 7.22. The number of halogens is 2. The van der Waals surface area contributed by atoms with Crippen LogP contribution in [0.2, 0.25) is 10.0 Å². The molecular formula is C14H21Cl2NO. The van der Waals surface area contributed by atoms with E-state index in [4.69, 9.17) is 27.9 Å². The minimum absolute atomic E-state index is 0.0734. The van der Waals surface area contributed by atoms with Crippen LogP contribution in [-0.2, 0) is 0 Å². The molecule has 0 aliphatic carbocycles. The fraction of sp³-hybridized carbons (Fsp3) is 0.571. The molecule has 0 amide bonds. The number of hydrogen-bond acceptors (Lipinski definition) is 2. The van der Waals surface area contributed by atoms with E-state index in [9.17, 15) is 0 Å². The van der Waals surface area contributed by atoms with Gasteiger partial charge >= 0.3 is 0 Å². The summed E-state index contributed by atoms with van der Waals surface area (Å²) in [5.74, 6) is 0.719. The molecule has 0 atom stereocenters. The molecule has 0 fully saturated rings. The van der Waals surface area contributed by atoms with Crippen LogP contribution in [0.25, 0.3) is 0 Å². The predicted molar refractivity (Wildman–Crippen MR) is 78.9 cm³/mol. The molecule has 1 rings (SSSR count). The third-order valence-electron chi connectivity index (χ3n) is 2.50. The van der Waals surface area contributed by atoms with Crippen LogP contribution < -0.4 is 10.1 Å². The number of benzene rings is 1. The Hall–Kier alpha value is -0.440. The molecule has 0 unspecified atom stereocenters. The molecular weight excluding hydrogens is 269 g/mol. The summed E-state index contributed by atoms with van der Waals surface area (Å²) in [5, 5.41) is 4.60. The Labute approximate surface area is 120 Å². The Morgan fingerprint density at radius 1 is 1.17 bits per heavy atom. The molecule has 0 aromatic heterocycles. The average molecular weight is 290 g/mol. The lowest BCUT2D eigenvalue weighted by molar-refractivity contribution is 0.176. The van der Waals surface area contributed by atoms with Crippen LogP contribution in [0, 0.1) is 5.41 Å². The van der Waals surface area contributed by atoms with Crippen LogP contribution in [-0.4, -0.2) is 19.7 Å². The first-order valence-corrected chi connectivity index (χ1v) is 6.98. The molecule has 4 heteroatoms. The van der Waals surface area contributed by atoms with Gasteiger partial charge in [0, 0.05) is 22.0 Å². The zero-order valence-corrected chi connectivity index (χ0v) is 12.7. The van der Waals surface area contributed by atoms with E-state index in [0.717, 1.165) is 25.3 Å². The number of ether oxygens (including phenoxy) is 1. The van der Waals surface area contributed by atoms with Gasteiger partial charge < -0.3 is 10.1 Å². The Morgan fingerprint density at radius 3 is 2.33 bits per heavy atom. The van der Waals surface area contributed by atoms with Gasteiger partial charge in [0.15, 0.2) is 0 Å². The third kappa shape index (κ3) is 5.94. The van der Waals surface area contributed by atoms with Crippen molar-refractivity contribution in [2.75, 3.05) is 19.7 Å². The van der Waals surface area contributed by atoms with Gasteiger partial charge in [-0.25, -0.2) is 0 Å². The normalized spacial score (nSPS) is 11.6. The van der Waals surface area contributed by atoms with E-state index in [1.807, 2.05) is 0 Å². The van der Waals surface area contributed by atoms with Gasteiger partial charge in [0.1, 0.15) is 5.75 Å². The monoisotopic (exact) mass is 289 g/mol. The number of nitrogens with one attached hydrogen (secondary N) is 1. The molecule has 1 aromatic rings. The standard InChI is InChI=1S/C14H21Cl2NO/c1-4-5-17-9-14(2,3)10-18-13-7-11(15)6-12(16)8-13/h6-8,17H,4-5,9-10H2,1-3H3. The molecule has 2 nitrogen and oxygen atoms in total. The highest BCUT2D eigenvalue weighted by molar-refractivity contribution is 6.34. The van der Waals surface area contributed by atoms with E-state index in [-0.39, 0.29) is 5.41 Å². The maximum absolute atomic E-state index is 5.93. The Bertz CT molecular complexity index is 360. The van der Waals surface area contributed by atoms with Crippen LogP contribution in [0.5, 0.6) is 5.75 Å². The minimum Gasteiger partial charge on any atom is -0.493 e. The van der Waals surface area contributed by atoms with Crippen molar-refractivity contribution in [1.29, 1.82) is 0 Å². The zero-order valence-electron chi connectivity index (χ0n) is 11.2. The minimum atomic E-state index is 0.0734. The first-order chi connectivity index (χ1) is 8.43. The topological polar surface area (TPSA) is 21.3 Å². The molecule has 0 spiro atoms. The summed E-state index contributed by atoms with van der Waals surface area (Å²) in [7, 11) is 0. The lowest BCUT2D eigenvalue weighted by Gasteiger charge is -2.25. The van der Waals surface area contributed by atoms with Crippen LogP contribution in [0.3, 0.4) is 0 Å². The van der Waals surface area contributed by atoms with Gasteiger partial charge in [-0.3, -0.25) is 0 Å². The van der Waals surface area contributed by atoms with E-state index in [2.05, 4.69) is 26.1 Å². The Morgan fingerprint density at radius 2 is 1.78 bits per heavy atom. The van der Waals surface area contributed by atoms with Crippen molar-refractivity contribution in [3.63, 3.8) is 0 Å². The van der Waals surface area contributed by atoms with Gasteiger partial charge in [0.2, 0.25) is 0 Å². The summed E-state index contributed by atoms with van der Waals surface area (Å²) < 4.78 is 5.75. The summed E-state index contributed by atoms with van der Waals surface area (Å²) in [6.07, 6.45) is 1.14. The second-order valence-corrected chi connectivity index (χ2v) is 6.11. The van der Waals surface area contributed by atoms with Gasteiger partial charge in [0.05, 0.1) is 6.61 Å². The van der Waals surface area contributed by atoms with Crippen molar-refractivity contribution in [1.82, 2.24) is 5.32 Å². The molecule has 1 aromatic carbocycles. The van der Waals surface area contributed by atoms with Crippen LogP contribution in [0.4, 0.5) is 0 Å². The maximum atomic E-state index is 5.93. The fourth-order valence-corrected chi connectivity index (χ4v) is 2.05. The van der Waals surface area contributed by atoms with Gasteiger partial charge in [-0.2, -0.15) is 0 Å². The number of hydrogen-bond donors (Lipinski definition) is 1. The van der Waals surface area contributed by atoms with Gasteiger partial charge in [-0.1, -0.05) is 44.0 Å². The third-order valence-corrected chi connectivity index (χ3v) is 2.93.